The Hall–Kier alpha value is -0.980. The molecule has 0 saturated carbocycles. The summed E-state index contributed by atoms with van der Waals surface area (Å²) < 4.78 is 1.74. The summed E-state index contributed by atoms with van der Waals surface area (Å²) >= 11 is 5.82. The van der Waals surface area contributed by atoms with Crippen molar-refractivity contribution in [3.63, 3.8) is 0 Å². The van der Waals surface area contributed by atoms with Gasteiger partial charge in [0.05, 0.1) is 17.8 Å². The van der Waals surface area contributed by atoms with Crippen molar-refractivity contribution in [3.8, 4) is 12.3 Å². The zero-order chi connectivity index (χ0) is 9.84. The van der Waals surface area contributed by atoms with Crippen molar-refractivity contribution in [2.45, 2.75) is 6.54 Å². The van der Waals surface area contributed by atoms with Crippen LogP contribution in [0.25, 0.3) is 0 Å². The maximum atomic E-state index is 5.82. The summed E-state index contributed by atoms with van der Waals surface area (Å²) in [6.45, 7) is 1.66. The SMILES string of the molecule is C#Cc1c(Cl)cnn1CCN(C)C. The molecule has 0 unspecified atom stereocenters. The number of likely N-dealkylation sites (N-methyl/N-ethyl adjacent to an activating group) is 1. The summed E-state index contributed by atoms with van der Waals surface area (Å²) in [5.74, 6) is 2.52. The molecule has 0 bridgehead atoms. The van der Waals surface area contributed by atoms with Crippen molar-refractivity contribution >= 4 is 11.6 Å². The first-order valence-electron chi connectivity index (χ1n) is 3.98. The van der Waals surface area contributed by atoms with E-state index in [1.807, 2.05) is 14.1 Å². The monoisotopic (exact) mass is 197 g/mol. The molecule has 13 heavy (non-hydrogen) atoms. The van der Waals surface area contributed by atoms with Crippen LogP contribution in [0.15, 0.2) is 6.20 Å². The van der Waals surface area contributed by atoms with Crippen LogP contribution in [0.4, 0.5) is 0 Å². The third-order valence-corrected chi connectivity index (χ3v) is 1.97. The quantitative estimate of drug-likeness (QED) is 0.677. The molecule has 0 aliphatic carbocycles. The first-order chi connectivity index (χ1) is 6.15. The first kappa shape index (κ1) is 10.1. The van der Waals surface area contributed by atoms with E-state index >= 15 is 0 Å². The van der Waals surface area contributed by atoms with Crippen LogP contribution in [0, 0.1) is 12.3 Å². The summed E-state index contributed by atoms with van der Waals surface area (Å²) in [6.07, 6.45) is 6.87. The summed E-state index contributed by atoms with van der Waals surface area (Å²) in [5, 5.41) is 4.62. The van der Waals surface area contributed by atoms with Gasteiger partial charge >= 0.3 is 0 Å². The minimum Gasteiger partial charge on any atom is -0.308 e. The molecule has 0 amide bonds. The van der Waals surface area contributed by atoms with Gasteiger partial charge < -0.3 is 4.90 Å². The first-order valence-corrected chi connectivity index (χ1v) is 4.35. The number of hydrogen-bond acceptors (Lipinski definition) is 2. The Morgan fingerprint density at radius 3 is 2.92 bits per heavy atom. The van der Waals surface area contributed by atoms with Crippen molar-refractivity contribution in [1.29, 1.82) is 0 Å². The Morgan fingerprint density at radius 1 is 1.69 bits per heavy atom. The average Bonchev–Trinajstić information content (AvgIpc) is 2.42. The molecule has 4 heteroatoms. The molecule has 0 radical (unpaired) electrons. The molecule has 1 rings (SSSR count). The second kappa shape index (κ2) is 4.31. The molecule has 0 N–H and O–H groups in total. The zero-order valence-electron chi connectivity index (χ0n) is 7.79. The summed E-state index contributed by atoms with van der Waals surface area (Å²) in [7, 11) is 4.00. The summed E-state index contributed by atoms with van der Waals surface area (Å²) in [4.78, 5) is 2.07. The number of nitrogens with zero attached hydrogens (tertiary/aromatic N) is 3. The smallest absolute Gasteiger partial charge is 0.129 e. The fourth-order valence-electron chi connectivity index (χ4n) is 0.970. The van der Waals surface area contributed by atoms with Crippen molar-refractivity contribution in [3.05, 3.63) is 16.9 Å². The fraction of sp³-hybridized carbons (Fsp3) is 0.444. The lowest BCUT2D eigenvalue weighted by atomic mass is 10.4. The highest BCUT2D eigenvalue weighted by Crippen LogP contribution is 2.13. The van der Waals surface area contributed by atoms with Gasteiger partial charge in [-0.05, 0) is 20.0 Å². The molecule has 0 saturated heterocycles. The van der Waals surface area contributed by atoms with E-state index in [-0.39, 0.29) is 0 Å². The molecule has 1 heterocycles. The van der Waals surface area contributed by atoms with Gasteiger partial charge in [0.1, 0.15) is 5.69 Å². The molecule has 0 fully saturated rings. The zero-order valence-corrected chi connectivity index (χ0v) is 8.54. The highest BCUT2D eigenvalue weighted by Gasteiger charge is 2.05. The molecule has 0 aliphatic heterocycles. The Balaban J connectivity index is 2.73. The van der Waals surface area contributed by atoms with E-state index in [9.17, 15) is 0 Å². The van der Waals surface area contributed by atoms with E-state index in [0.717, 1.165) is 13.1 Å². The van der Waals surface area contributed by atoms with E-state index in [1.54, 1.807) is 10.9 Å². The predicted octanol–water partition coefficient (Wildman–Crippen LogP) is 1.08. The second-order valence-electron chi connectivity index (χ2n) is 3.01. The van der Waals surface area contributed by atoms with Crippen LogP contribution < -0.4 is 0 Å². The third kappa shape index (κ3) is 2.48. The topological polar surface area (TPSA) is 21.1 Å². The van der Waals surface area contributed by atoms with Crippen molar-refractivity contribution in [2.24, 2.45) is 0 Å². The van der Waals surface area contributed by atoms with E-state index in [4.69, 9.17) is 18.0 Å². The predicted molar refractivity (Wildman–Crippen MR) is 53.7 cm³/mol. The van der Waals surface area contributed by atoms with Gasteiger partial charge in [-0.3, -0.25) is 4.68 Å². The van der Waals surface area contributed by atoms with Crippen LogP contribution in [-0.2, 0) is 6.54 Å². The van der Waals surface area contributed by atoms with Gasteiger partial charge in [0.25, 0.3) is 0 Å². The number of halogens is 1. The lowest BCUT2D eigenvalue weighted by Gasteiger charge is -2.09. The van der Waals surface area contributed by atoms with Crippen molar-refractivity contribution in [2.75, 3.05) is 20.6 Å². The van der Waals surface area contributed by atoms with E-state index in [1.165, 1.54) is 0 Å². The second-order valence-corrected chi connectivity index (χ2v) is 3.42. The number of terminal acetylenes is 1. The molecule has 1 aromatic rings. The highest BCUT2D eigenvalue weighted by atomic mass is 35.5. The van der Waals surface area contributed by atoms with Gasteiger partial charge in [-0.2, -0.15) is 5.10 Å². The fourth-order valence-corrected chi connectivity index (χ4v) is 1.17. The largest absolute Gasteiger partial charge is 0.308 e. The molecule has 0 aliphatic rings. The van der Waals surface area contributed by atoms with Crippen LogP contribution in [0.1, 0.15) is 5.69 Å². The summed E-state index contributed by atoms with van der Waals surface area (Å²) in [5.41, 5.74) is 0.656. The average molecular weight is 198 g/mol. The Kier molecular flexibility index (Phi) is 3.35. The van der Waals surface area contributed by atoms with E-state index < -0.39 is 0 Å². The van der Waals surface area contributed by atoms with Gasteiger partial charge in [-0.25, -0.2) is 0 Å². The minimum absolute atomic E-state index is 0.543. The lowest BCUT2D eigenvalue weighted by molar-refractivity contribution is 0.372. The molecule has 0 spiro atoms. The standard InChI is InChI=1S/C9H12ClN3/c1-4-9-8(10)7-11-13(9)6-5-12(2)3/h1,7H,5-6H2,2-3H3. The van der Waals surface area contributed by atoms with E-state index in [2.05, 4.69) is 15.9 Å². The van der Waals surface area contributed by atoms with Gasteiger partial charge in [0.15, 0.2) is 0 Å². The molecule has 1 aromatic heterocycles. The van der Waals surface area contributed by atoms with Gasteiger partial charge in [-0.1, -0.05) is 11.6 Å². The molecule has 70 valence electrons. The Morgan fingerprint density at radius 2 is 2.38 bits per heavy atom. The van der Waals surface area contributed by atoms with Crippen molar-refractivity contribution in [1.82, 2.24) is 14.7 Å². The van der Waals surface area contributed by atoms with Crippen LogP contribution in [0.5, 0.6) is 0 Å². The van der Waals surface area contributed by atoms with Gasteiger partial charge in [-0.15, -0.1) is 6.42 Å². The van der Waals surface area contributed by atoms with Crippen LogP contribution in [0.2, 0.25) is 5.02 Å². The van der Waals surface area contributed by atoms with Crippen molar-refractivity contribution < 1.29 is 0 Å². The summed E-state index contributed by atoms with van der Waals surface area (Å²) in [6, 6.07) is 0. The molecule has 0 atom stereocenters. The highest BCUT2D eigenvalue weighted by molar-refractivity contribution is 6.31. The molecule has 0 aromatic carbocycles. The van der Waals surface area contributed by atoms with Crippen LogP contribution in [-0.4, -0.2) is 35.3 Å². The van der Waals surface area contributed by atoms with Crippen LogP contribution >= 0.6 is 11.6 Å². The lowest BCUT2D eigenvalue weighted by Crippen LogP contribution is -2.19. The minimum atomic E-state index is 0.543. The van der Waals surface area contributed by atoms with Crippen LogP contribution in [0.3, 0.4) is 0 Å². The normalized spacial score (nSPS) is 10.4. The molecular weight excluding hydrogens is 186 g/mol. The third-order valence-electron chi connectivity index (χ3n) is 1.69. The van der Waals surface area contributed by atoms with Gasteiger partial charge in [0.2, 0.25) is 0 Å². The Labute approximate surface area is 83.3 Å². The Bertz CT molecular complexity index is 322. The molecular formula is C9H12ClN3. The van der Waals surface area contributed by atoms with Gasteiger partial charge in [0, 0.05) is 6.54 Å². The van der Waals surface area contributed by atoms with E-state index in [0.29, 0.717) is 10.7 Å². The molecule has 3 nitrogen and oxygen atoms in total. The maximum Gasteiger partial charge on any atom is 0.129 e. The number of hydrogen-bond donors (Lipinski definition) is 0. The maximum absolute atomic E-state index is 5.82. The number of aromatic nitrogens is 2. The number of rotatable bonds is 3.